The molecule has 0 radical (unpaired) electrons. The molecule has 150 heavy (non-hydrogen) atoms. The molecule has 0 aromatic heterocycles. The van der Waals surface area contributed by atoms with Crippen molar-refractivity contribution in [2.75, 3.05) is 155 Å². The molecule has 0 saturated heterocycles. The molecule has 0 spiro atoms. The maximum atomic E-state index is 6.99. The first-order valence-corrected chi connectivity index (χ1v) is 48.5. The molecule has 0 amide bonds. The summed E-state index contributed by atoms with van der Waals surface area (Å²) >= 11 is 0. The summed E-state index contributed by atoms with van der Waals surface area (Å²) in [5.74, 6) is 16.4. The Hall–Kier alpha value is -16.6. The second kappa shape index (κ2) is 53.1. The molecule has 0 aliphatic heterocycles. The van der Waals surface area contributed by atoms with E-state index in [2.05, 4.69) is 52.5 Å². The first-order valence-electron chi connectivity index (χ1n) is 48.5. The summed E-state index contributed by atoms with van der Waals surface area (Å²) < 4.78 is 172. The minimum absolute atomic E-state index is 0.0868. The number of benzene rings is 14. The van der Waals surface area contributed by atoms with Gasteiger partial charge in [-0.15, -0.1) is 0 Å². The fourth-order valence-corrected chi connectivity index (χ4v) is 16.6. The second-order valence-corrected chi connectivity index (χ2v) is 36.7. The van der Waals surface area contributed by atoms with Gasteiger partial charge in [0.1, 0.15) is 266 Å². The molecule has 0 heterocycles. The van der Waals surface area contributed by atoms with Gasteiger partial charge in [-0.1, -0.05) is 0 Å². The number of hydrogen-bond acceptors (Lipinski definition) is 28. The zero-order valence-electron chi connectivity index (χ0n) is 88.9. The maximum absolute atomic E-state index is 6.99. The molecule has 14 aromatic rings. The molecule has 30 heteroatoms. The van der Waals surface area contributed by atoms with Crippen molar-refractivity contribution in [1.29, 1.82) is 0 Å². The van der Waals surface area contributed by atoms with Crippen LogP contribution in [0.4, 0.5) is 0 Å². The predicted molar refractivity (Wildman–Crippen MR) is 568 cm³/mol. The Morgan fingerprint density at radius 1 is 0.113 bits per heavy atom. The van der Waals surface area contributed by atoms with Gasteiger partial charge in [0.05, 0.1) is 142 Å². The van der Waals surface area contributed by atoms with E-state index in [1.54, 1.807) is 114 Å². The van der Waals surface area contributed by atoms with Crippen LogP contribution in [0, 0.1) is 0 Å². The number of ether oxygens (including phenoxy) is 28. The molecule has 0 saturated carbocycles. The van der Waals surface area contributed by atoms with Crippen LogP contribution in [0.5, 0.6) is 161 Å². The number of hydrogen-bond donors (Lipinski definition) is 0. The van der Waals surface area contributed by atoms with E-state index in [9.17, 15) is 0 Å². The van der Waals surface area contributed by atoms with Crippen molar-refractivity contribution in [3.05, 3.63) is 333 Å². The lowest BCUT2D eigenvalue weighted by Crippen LogP contribution is -2.49. The summed E-state index contributed by atoms with van der Waals surface area (Å²) in [7, 11) is 34.7. The van der Waals surface area contributed by atoms with Crippen molar-refractivity contribution in [3.63, 3.8) is 0 Å². The minimum atomic E-state index is 0.0868. The number of likely N-dealkylation sites (N-methyl/N-ethyl adjacent to an activating group) is 2. The highest BCUT2D eigenvalue weighted by Crippen LogP contribution is 2.40. The Kier molecular flexibility index (Phi) is 38.7. The van der Waals surface area contributed by atoms with E-state index in [0.29, 0.717) is 196 Å². The van der Waals surface area contributed by atoms with Gasteiger partial charge in [0.2, 0.25) is 0 Å². The maximum Gasteiger partial charge on any atom is 0.128 e. The van der Waals surface area contributed by atoms with Crippen LogP contribution in [0.15, 0.2) is 255 Å². The van der Waals surface area contributed by atoms with Crippen molar-refractivity contribution in [2.45, 2.75) is 92.4 Å². The van der Waals surface area contributed by atoms with Gasteiger partial charge >= 0.3 is 0 Å². The van der Waals surface area contributed by atoms with Crippen LogP contribution < -0.4 is 133 Å². The molecule has 0 aliphatic rings. The smallest absolute Gasteiger partial charge is 0.128 e. The third-order valence-electron chi connectivity index (χ3n) is 24.3. The molecule has 0 atom stereocenters. The van der Waals surface area contributed by atoms with Gasteiger partial charge < -0.3 is 142 Å². The zero-order chi connectivity index (χ0) is 106. The van der Waals surface area contributed by atoms with Crippen LogP contribution in [0.2, 0.25) is 0 Å². The Balaban J connectivity index is 0.781. The van der Waals surface area contributed by atoms with Crippen LogP contribution in [0.1, 0.15) is 77.9 Å². The zero-order valence-corrected chi connectivity index (χ0v) is 88.9. The fraction of sp³-hybridized carbons (Fsp3) is 0.300. The molecular weight excluding hydrogens is 1920 g/mol. The lowest BCUT2D eigenvalue weighted by atomic mass is 10.1. The average molecular weight is 2050 g/mol. The lowest BCUT2D eigenvalue weighted by Gasteiger charge is -2.36. The van der Waals surface area contributed by atoms with Crippen LogP contribution in [0.25, 0.3) is 0 Å². The summed E-state index contributed by atoms with van der Waals surface area (Å²) in [5.41, 5.74) is 11.5. The Labute approximate surface area is 877 Å². The van der Waals surface area contributed by atoms with Gasteiger partial charge in [0.15, 0.2) is 0 Å². The average Bonchev–Trinajstić information content (AvgIpc) is 0.819. The van der Waals surface area contributed by atoms with Crippen molar-refractivity contribution in [3.8, 4) is 161 Å². The van der Waals surface area contributed by atoms with Crippen LogP contribution in [0.3, 0.4) is 0 Å². The topological polar surface area (TPSA) is 258 Å². The van der Waals surface area contributed by atoms with E-state index in [-0.39, 0.29) is 79.3 Å². The standard InChI is InChI=1S/C120H134N2O28/c1-121(2,65-79-23-109(139-75-89-43-113(143-67-81-27-93(123-5)51-94(28-81)124-6)61-114(44-89)144-68-82-29-95(125-7)52-96(30-82)126-8)59-110(24-79)140-76-90-45-115(145-69-83-31-97(127-9)53-98(32-83)128-10)62-116(46-90)146-70-84-33-99(129-11)54-100(34-84)130-12)21-22-122(3,4)66-80-25-111(141-77-91-47-117(147-71-85-35-101(131-13)55-102(36-85)132-14)63-118(48-91)148-72-86-37-103(133-15)56-104(38-86)134-16)60-112(26-80)142-78-92-49-119(149-73-87-39-105(135-17)57-106(40-87)136-18)64-120(50-92)150-74-88-41-107(137-19)58-108(42-88)138-20/h23-64H,21-22,65-78H2,1-20H3/q+2. The van der Waals surface area contributed by atoms with E-state index >= 15 is 0 Å². The van der Waals surface area contributed by atoms with E-state index < -0.39 is 0 Å². The molecule has 0 fully saturated rings. The van der Waals surface area contributed by atoms with Gasteiger partial charge in [-0.2, -0.15) is 0 Å². The highest BCUT2D eigenvalue weighted by molar-refractivity contribution is 5.51. The molecule has 790 valence electrons. The highest BCUT2D eigenvalue weighted by atomic mass is 16.5. The number of methoxy groups -OCH3 is 16. The van der Waals surface area contributed by atoms with Gasteiger partial charge in [-0.3, -0.25) is 0 Å². The molecule has 14 aromatic carbocycles. The SMILES string of the molecule is COc1cc(COc2cc(COc3cc(C[N+](C)(C)CC[N+](C)(C)Cc4cc(OCc5cc(OCc6cc(OC)cc(OC)c6)cc(OCc6cc(OC)cc(OC)c6)c5)cc(OCc5cc(OCc6cc(OC)cc(OC)c6)cc(OCc6cc(OC)cc(OC)c6)c5)c4)cc(OCc4cc(OCc5cc(OC)cc(OC)c5)cc(OCc5cc(OC)cc(OC)c5)c4)c3)cc(OCc3cc(OC)cc(OC)c3)c2)cc(OC)c1. The molecular formula is C120H134N2O28+2. The van der Waals surface area contributed by atoms with E-state index in [4.69, 9.17) is 133 Å². The van der Waals surface area contributed by atoms with E-state index in [1.807, 2.05) is 231 Å². The first-order chi connectivity index (χ1) is 72.7. The quantitative estimate of drug-likeness (QED) is 0.0321. The third-order valence-corrected chi connectivity index (χ3v) is 24.3. The normalized spacial score (nSPS) is 11.1. The van der Waals surface area contributed by atoms with Gasteiger partial charge in [0, 0.05) is 96.1 Å². The number of nitrogens with zero attached hydrogens (tertiary/aromatic N) is 2. The predicted octanol–water partition coefficient (Wildman–Crippen LogP) is 22.6. The summed E-state index contributed by atoms with van der Waals surface area (Å²) in [5, 5.41) is 0. The molecule has 0 unspecified atom stereocenters. The highest BCUT2D eigenvalue weighted by Gasteiger charge is 2.27. The van der Waals surface area contributed by atoms with Gasteiger partial charge in [0.25, 0.3) is 0 Å². The van der Waals surface area contributed by atoms with Crippen LogP contribution >= 0.6 is 0 Å². The van der Waals surface area contributed by atoms with Crippen molar-refractivity contribution in [2.24, 2.45) is 0 Å². The molecule has 30 nitrogen and oxygen atoms in total. The van der Waals surface area contributed by atoms with E-state index in [0.717, 1.165) is 77.9 Å². The van der Waals surface area contributed by atoms with Gasteiger partial charge in [-0.05, 0) is 237 Å². The summed E-state index contributed by atoms with van der Waals surface area (Å²) in [6, 6.07) is 80.0. The number of rotatable bonds is 59. The summed E-state index contributed by atoms with van der Waals surface area (Å²) in [6.45, 7) is 4.26. The largest absolute Gasteiger partial charge is 0.497 e. The Morgan fingerprint density at radius 3 is 0.287 bits per heavy atom. The fourth-order valence-electron chi connectivity index (χ4n) is 16.6. The molecule has 0 aliphatic carbocycles. The van der Waals surface area contributed by atoms with Crippen molar-refractivity contribution in [1.82, 2.24) is 0 Å². The number of quaternary nitrogens is 2. The Morgan fingerprint density at radius 2 is 0.193 bits per heavy atom. The van der Waals surface area contributed by atoms with Crippen molar-refractivity contribution < 1.29 is 142 Å². The first kappa shape index (κ1) is 109. The molecule has 14 rings (SSSR count). The van der Waals surface area contributed by atoms with Crippen molar-refractivity contribution >= 4 is 0 Å². The summed E-state index contributed by atoms with van der Waals surface area (Å²) in [6.07, 6.45) is 0. The second-order valence-electron chi connectivity index (χ2n) is 36.7. The third kappa shape index (κ3) is 33.0. The monoisotopic (exact) mass is 2050 g/mol. The van der Waals surface area contributed by atoms with Crippen LogP contribution in [-0.4, -0.2) is 164 Å². The minimum Gasteiger partial charge on any atom is -0.497 e. The Bertz CT molecular complexity index is 5560. The molecule has 0 bridgehead atoms. The summed E-state index contributed by atoms with van der Waals surface area (Å²) in [4.78, 5) is 0. The lowest BCUT2D eigenvalue weighted by molar-refractivity contribution is -0.958. The van der Waals surface area contributed by atoms with E-state index in [1.165, 1.54) is 0 Å². The molecule has 0 N–H and O–H groups in total. The van der Waals surface area contributed by atoms with Gasteiger partial charge in [-0.25, -0.2) is 0 Å². The van der Waals surface area contributed by atoms with Crippen LogP contribution in [-0.2, 0) is 92.4 Å².